The van der Waals surface area contributed by atoms with Crippen LogP contribution in [0.4, 0.5) is 0 Å². The molecular formula is C15H20N2O3S2. The Morgan fingerprint density at radius 2 is 2.18 bits per heavy atom. The minimum atomic E-state index is -0.0604. The molecule has 1 N–H and O–H groups in total. The highest BCUT2D eigenvalue weighted by atomic mass is 32.2. The van der Waals surface area contributed by atoms with Crippen LogP contribution in [-0.2, 0) is 4.74 Å². The topological polar surface area (TPSA) is 58.6 Å². The lowest BCUT2D eigenvalue weighted by Crippen LogP contribution is -2.38. The van der Waals surface area contributed by atoms with Gasteiger partial charge in [0.25, 0.3) is 5.91 Å². The van der Waals surface area contributed by atoms with Gasteiger partial charge in [0.05, 0.1) is 22.3 Å². The van der Waals surface area contributed by atoms with Crippen molar-refractivity contribution in [3.8, 4) is 0 Å². The molecule has 1 fully saturated rings. The molecule has 22 heavy (non-hydrogen) atoms. The van der Waals surface area contributed by atoms with Crippen molar-refractivity contribution in [2.45, 2.75) is 17.1 Å². The maximum absolute atomic E-state index is 12.2. The number of Topliss-reactive ketones (excluding diaryl/α,β-unsaturated/α-hetero) is 1. The molecule has 0 saturated carbocycles. The van der Waals surface area contributed by atoms with Gasteiger partial charge < -0.3 is 10.1 Å². The van der Waals surface area contributed by atoms with Gasteiger partial charge >= 0.3 is 0 Å². The summed E-state index contributed by atoms with van der Waals surface area (Å²) in [6.07, 6.45) is 1.51. The van der Waals surface area contributed by atoms with Gasteiger partial charge in [0.15, 0.2) is 5.78 Å². The predicted octanol–water partition coefficient (Wildman–Crippen LogP) is 1.88. The van der Waals surface area contributed by atoms with Crippen LogP contribution < -0.4 is 5.32 Å². The molecule has 0 aliphatic carbocycles. The Hall–Kier alpha value is -0.890. The number of morpholine rings is 1. The minimum Gasteiger partial charge on any atom is -0.379 e. The lowest BCUT2D eigenvalue weighted by Gasteiger charge is -2.26. The van der Waals surface area contributed by atoms with Gasteiger partial charge in [-0.2, -0.15) is 0 Å². The summed E-state index contributed by atoms with van der Waals surface area (Å²) in [5.74, 6) is 0.929. The van der Waals surface area contributed by atoms with Crippen LogP contribution in [0.3, 0.4) is 0 Å². The van der Waals surface area contributed by atoms with E-state index < -0.39 is 0 Å². The molecule has 0 atom stereocenters. The molecule has 0 aromatic carbocycles. The fourth-order valence-electron chi connectivity index (χ4n) is 2.58. The first kappa shape index (κ1) is 16.0. The standard InChI is InChI=1S/C15H20N2O3S2/c18-12-2-9-21-15-11(12)10-13(22-15)14(19)16-3-1-4-17-5-7-20-8-6-17/h10H,1-9H2,(H,16,19). The second kappa shape index (κ2) is 7.59. The normalized spacial score (nSPS) is 19.0. The summed E-state index contributed by atoms with van der Waals surface area (Å²) in [7, 11) is 0. The van der Waals surface area contributed by atoms with Gasteiger partial charge in [-0.1, -0.05) is 0 Å². The van der Waals surface area contributed by atoms with Crippen molar-refractivity contribution in [1.82, 2.24) is 10.2 Å². The van der Waals surface area contributed by atoms with Gasteiger partial charge in [0.1, 0.15) is 0 Å². The first-order valence-electron chi connectivity index (χ1n) is 7.62. The maximum atomic E-state index is 12.2. The van der Waals surface area contributed by atoms with E-state index in [1.54, 1.807) is 17.8 Å². The zero-order valence-electron chi connectivity index (χ0n) is 12.4. The minimum absolute atomic E-state index is 0.0604. The van der Waals surface area contributed by atoms with E-state index in [1.165, 1.54) is 11.3 Å². The SMILES string of the molecule is O=C(NCCCN1CCOCC1)c1cc2c(s1)SCCC2=O. The number of hydrogen-bond acceptors (Lipinski definition) is 6. The highest BCUT2D eigenvalue weighted by molar-refractivity contribution is 8.01. The van der Waals surface area contributed by atoms with E-state index in [0.29, 0.717) is 17.8 Å². The van der Waals surface area contributed by atoms with Gasteiger partial charge in [-0.05, 0) is 19.0 Å². The summed E-state index contributed by atoms with van der Waals surface area (Å²) in [5.41, 5.74) is 0.736. The Bertz CT molecular complexity index is 553. The summed E-state index contributed by atoms with van der Waals surface area (Å²) < 4.78 is 6.31. The average molecular weight is 340 g/mol. The lowest BCUT2D eigenvalue weighted by atomic mass is 10.1. The fraction of sp³-hybridized carbons (Fsp3) is 0.600. The molecule has 2 aliphatic heterocycles. The molecule has 0 unspecified atom stereocenters. The zero-order valence-corrected chi connectivity index (χ0v) is 14.1. The van der Waals surface area contributed by atoms with Crippen LogP contribution in [-0.4, -0.2) is 61.7 Å². The largest absolute Gasteiger partial charge is 0.379 e. The Morgan fingerprint density at radius 3 is 2.95 bits per heavy atom. The van der Waals surface area contributed by atoms with Crippen molar-refractivity contribution in [2.75, 3.05) is 45.1 Å². The van der Waals surface area contributed by atoms with Gasteiger partial charge in [-0.3, -0.25) is 14.5 Å². The van der Waals surface area contributed by atoms with Crippen molar-refractivity contribution in [1.29, 1.82) is 0 Å². The van der Waals surface area contributed by atoms with E-state index in [-0.39, 0.29) is 11.7 Å². The number of fused-ring (bicyclic) bond motifs is 1. The summed E-state index contributed by atoms with van der Waals surface area (Å²) in [5, 5.41) is 2.96. The van der Waals surface area contributed by atoms with Crippen LogP contribution in [0.5, 0.6) is 0 Å². The van der Waals surface area contributed by atoms with Crippen LogP contribution in [0.1, 0.15) is 32.9 Å². The fourth-order valence-corrected chi connectivity index (χ4v) is 4.96. The number of thioether (sulfide) groups is 1. The van der Waals surface area contributed by atoms with Crippen LogP contribution in [0, 0.1) is 0 Å². The molecule has 7 heteroatoms. The third-order valence-corrected chi connectivity index (χ3v) is 6.25. The summed E-state index contributed by atoms with van der Waals surface area (Å²) in [6.45, 7) is 5.21. The number of amides is 1. The molecule has 3 rings (SSSR count). The number of thiophene rings is 1. The smallest absolute Gasteiger partial charge is 0.261 e. The number of carbonyl (C=O) groups is 2. The van der Waals surface area contributed by atoms with Crippen molar-refractivity contribution in [2.24, 2.45) is 0 Å². The van der Waals surface area contributed by atoms with Crippen LogP contribution in [0.2, 0.25) is 0 Å². The maximum Gasteiger partial charge on any atom is 0.261 e. The van der Waals surface area contributed by atoms with E-state index in [2.05, 4.69) is 10.2 Å². The molecule has 5 nitrogen and oxygen atoms in total. The Morgan fingerprint density at radius 1 is 1.36 bits per heavy atom. The molecule has 1 aromatic heterocycles. The Kier molecular flexibility index (Phi) is 5.51. The molecule has 1 saturated heterocycles. The number of hydrogen-bond donors (Lipinski definition) is 1. The number of rotatable bonds is 5. The van der Waals surface area contributed by atoms with Crippen molar-refractivity contribution < 1.29 is 14.3 Å². The molecule has 120 valence electrons. The van der Waals surface area contributed by atoms with E-state index in [0.717, 1.165) is 54.8 Å². The molecule has 1 aromatic rings. The highest BCUT2D eigenvalue weighted by Gasteiger charge is 2.23. The molecule has 3 heterocycles. The number of nitrogens with zero attached hydrogens (tertiary/aromatic N) is 1. The predicted molar refractivity (Wildman–Crippen MR) is 88.2 cm³/mol. The van der Waals surface area contributed by atoms with Gasteiger partial charge in [-0.15, -0.1) is 23.1 Å². The Labute approximate surface area is 138 Å². The first-order chi connectivity index (χ1) is 10.7. The van der Waals surface area contributed by atoms with E-state index in [4.69, 9.17) is 4.74 Å². The quantitative estimate of drug-likeness (QED) is 0.830. The summed E-state index contributed by atoms with van der Waals surface area (Å²) in [4.78, 5) is 27.0. The van der Waals surface area contributed by atoms with E-state index in [9.17, 15) is 9.59 Å². The second-order valence-corrected chi connectivity index (χ2v) is 7.81. The molecule has 2 aliphatic rings. The van der Waals surface area contributed by atoms with Gasteiger partial charge in [0.2, 0.25) is 0 Å². The molecule has 1 amide bonds. The number of ether oxygens (including phenoxy) is 1. The summed E-state index contributed by atoms with van der Waals surface area (Å²) >= 11 is 3.11. The zero-order chi connectivity index (χ0) is 15.4. The van der Waals surface area contributed by atoms with Gasteiger partial charge in [0, 0.05) is 37.4 Å². The molecular weight excluding hydrogens is 320 g/mol. The van der Waals surface area contributed by atoms with Crippen LogP contribution in [0.25, 0.3) is 0 Å². The van der Waals surface area contributed by atoms with Crippen molar-refractivity contribution in [3.63, 3.8) is 0 Å². The van der Waals surface area contributed by atoms with E-state index >= 15 is 0 Å². The first-order valence-corrected chi connectivity index (χ1v) is 9.42. The van der Waals surface area contributed by atoms with Gasteiger partial charge in [-0.25, -0.2) is 0 Å². The highest BCUT2D eigenvalue weighted by Crippen LogP contribution is 2.37. The van der Waals surface area contributed by atoms with Crippen molar-refractivity contribution >= 4 is 34.8 Å². The lowest BCUT2D eigenvalue weighted by molar-refractivity contribution is 0.0374. The van der Waals surface area contributed by atoms with E-state index in [1.807, 2.05) is 0 Å². The number of carbonyl (C=O) groups excluding carboxylic acids is 2. The van der Waals surface area contributed by atoms with Crippen LogP contribution >= 0.6 is 23.1 Å². The Balaban J connectivity index is 1.45. The number of ketones is 1. The third-order valence-electron chi connectivity index (χ3n) is 3.82. The third kappa shape index (κ3) is 3.90. The monoisotopic (exact) mass is 340 g/mol. The second-order valence-electron chi connectivity index (χ2n) is 5.40. The summed E-state index contributed by atoms with van der Waals surface area (Å²) in [6, 6.07) is 1.76. The van der Waals surface area contributed by atoms with Crippen LogP contribution in [0.15, 0.2) is 10.3 Å². The molecule has 0 bridgehead atoms. The number of nitrogens with one attached hydrogen (secondary N) is 1. The van der Waals surface area contributed by atoms with Crippen molar-refractivity contribution in [3.05, 3.63) is 16.5 Å². The molecule has 0 spiro atoms. The molecule has 0 radical (unpaired) electrons. The average Bonchev–Trinajstić information content (AvgIpc) is 2.98.